The molecule has 3 aromatic carbocycles. The summed E-state index contributed by atoms with van der Waals surface area (Å²) in [5, 5.41) is 5.33. The molecule has 1 aliphatic rings. The molecular weight excluding hydrogens is 472 g/mol. The minimum atomic E-state index is -0.923. The van der Waals surface area contributed by atoms with Crippen LogP contribution in [0.4, 0.5) is 0 Å². The summed E-state index contributed by atoms with van der Waals surface area (Å²) >= 11 is 0. The van der Waals surface area contributed by atoms with Gasteiger partial charge in [0.15, 0.2) is 11.5 Å². The smallest absolute Gasteiger partial charge is 0.328 e. The molecule has 1 aliphatic heterocycles. The third-order valence-corrected chi connectivity index (χ3v) is 6.04. The average Bonchev–Trinajstić information content (AvgIpc) is 3.38. The molecule has 0 aliphatic carbocycles. The summed E-state index contributed by atoms with van der Waals surface area (Å²) in [5.74, 6) is -0.0781. The van der Waals surface area contributed by atoms with E-state index in [1.807, 2.05) is 72.8 Å². The van der Waals surface area contributed by atoms with Crippen LogP contribution in [0.5, 0.6) is 11.5 Å². The molecule has 1 fully saturated rings. The quantitative estimate of drug-likeness (QED) is 0.390. The minimum Gasteiger partial charge on any atom is -0.485 e. The maximum atomic E-state index is 12.6. The number of hydrogen-bond donors (Lipinski definition) is 2. The molecule has 8 nitrogen and oxygen atoms in total. The topological polar surface area (TPSA) is 103 Å². The Kier molecular flexibility index (Phi) is 8.75. The van der Waals surface area contributed by atoms with Gasteiger partial charge in [-0.1, -0.05) is 66.7 Å². The Morgan fingerprint density at radius 1 is 0.892 bits per heavy atom. The number of amides is 2. The summed E-state index contributed by atoms with van der Waals surface area (Å²) in [6.45, 7) is 0.709. The van der Waals surface area contributed by atoms with Crippen LogP contribution in [-0.4, -0.2) is 37.0 Å². The van der Waals surface area contributed by atoms with Crippen molar-refractivity contribution in [3.05, 3.63) is 95.6 Å². The summed E-state index contributed by atoms with van der Waals surface area (Å²) in [7, 11) is 1.27. The van der Waals surface area contributed by atoms with Crippen molar-refractivity contribution in [1.29, 1.82) is 0 Å². The molecular formula is C29H30N2O6. The van der Waals surface area contributed by atoms with Crippen LogP contribution in [0.2, 0.25) is 0 Å². The summed E-state index contributed by atoms with van der Waals surface area (Å²) in [6.07, 6.45) is 0.858. The molecule has 0 bridgehead atoms. The van der Waals surface area contributed by atoms with E-state index in [1.54, 1.807) is 6.07 Å². The molecule has 0 spiro atoms. The first-order valence-electron chi connectivity index (χ1n) is 12.2. The van der Waals surface area contributed by atoms with Crippen LogP contribution in [0.15, 0.2) is 78.9 Å². The number of hydrogen-bond acceptors (Lipinski definition) is 6. The van der Waals surface area contributed by atoms with Gasteiger partial charge in [0.2, 0.25) is 11.8 Å². The fraction of sp³-hybridized carbons (Fsp3) is 0.276. The molecule has 8 heteroatoms. The number of benzene rings is 3. The monoisotopic (exact) mass is 502 g/mol. The standard InChI is InChI=1S/C29H30N2O6/c1-35-29(34)24(31-28(33)23-13-15-27(32)30-23)16-22-12-14-25(36-18-20-8-4-2-5-9-20)26(17-22)37-19-21-10-6-3-7-11-21/h2-12,14,17,23-24H,13,15-16,18-19H2,1H3,(H,30,32)(H,31,33)/t23-,24+/m0/s1. The van der Waals surface area contributed by atoms with E-state index < -0.39 is 24.0 Å². The highest BCUT2D eigenvalue weighted by Gasteiger charge is 2.31. The van der Waals surface area contributed by atoms with Gasteiger partial charge in [-0.3, -0.25) is 9.59 Å². The number of esters is 1. The average molecular weight is 503 g/mol. The van der Waals surface area contributed by atoms with Crippen molar-refractivity contribution in [1.82, 2.24) is 10.6 Å². The zero-order valence-corrected chi connectivity index (χ0v) is 20.6. The Bertz CT molecular complexity index is 1220. The van der Waals surface area contributed by atoms with Gasteiger partial charge in [0.1, 0.15) is 25.3 Å². The van der Waals surface area contributed by atoms with Gasteiger partial charge in [-0.25, -0.2) is 4.79 Å². The van der Waals surface area contributed by atoms with Crippen molar-refractivity contribution in [2.45, 2.75) is 44.6 Å². The van der Waals surface area contributed by atoms with E-state index in [-0.39, 0.29) is 18.7 Å². The van der Waals surface area contributed by atoms with E-state index in [0.717, 1.165) is 16.7 Å². The summed E-state index contributed by atoms with van der Waals surface area (Å²) < 4.78 is 17.1. The fourth-order valence-electron chi connectivity index (χ4n) is 4.04. The highest BCUT2D eigenvalue weighted by molar-refractivity contribution is 5.93. The Morgan fingerprint density at radius 3 is 2.08 bits per heavy atom. The molecule has 0 radical (unpaired) electrons. The lowest BCUT2D eigenvalue weighted by Gasteiger charge is -2.20. The third-order valence-electron chi connectivity index (χ3n) is 6.04. The van der Waals surface area contributed by atoms with Gasteiger partial charge in [0, 0.05) is 12.8 Å². The molecule has 3 aromatic rings. The van der Waals surface area contributed by atoms with Crippen molar-refractivity contribution in [3.8, 4) is 11.5 Å². The Labute approximate surface area is 215 Å². The van der Waals surface area contributed by atoms with Gasteiger partial charge in [-0.05, 0) is 35.2 Å². The highest BCUT2D eigenvalue weighted by atomic mass is 16.5. The molecule has 0 aromatic heterocycles. The second kappa shape index (κ2) is 12.6. The van der Waals surface area contributed by atoms with Gasteiger partial charge in [-0.15, -0.1) is 0 Å². The molecule has 0 saturated carbocycles. The number of rotatable bonds is 11. The van der Waals surface area contributed by atoms with E-state index in [0.29, 0.717) is 31.1 Å². The van der Waals surface area contributed by atoms with Crippen LogP contribution < -0.4 is 20.1 Å². The Morgan fingerprint density at radius 2 is 1.51 bits per heavy atom. The van der Waals surface area contributed by atoms with Crippen LogP contribution in [0.1, 0.15) is 29.5 Å². The van der Waals surface area contributed by atoms with Crippen molar-refractivity contribution < 1.29 is 28.6 Å². The highest BCUT2D eigenvalue weighted by Crippen LogP contribution is 2.31. The second-order valence-corrected chi connectivity index (χ2v) is 8.78. The van der Waals surface area contributed by atoms with Crippen LogP contribution in [-0.2, 0) is 38.8 Å². The van der Waals surface area contributed by atoms with Crippen LogP contribution in [0.25, 0.3) is 0 Å². The zero-order valence-electron chi connectivity index (χ0n) is 20.6. The third kappa shape index (κ3) is 7.33. The van der Waals surface area contributed by atoms with Gasteiger partial charge >= 0.3 is 5.97 Å². The molecule has 2 amide bonds. The normalized spacial score (nSPS) is 15.4. The molecule has 2 atom stereocenters. The largest absolute Gasteiger partial charge is 0.485 e. The first kappa shape index (κ1) is 25.8. The molecule has 2 N–H and O–H groups in total. The fourth-order valence-corrected chi connectivity index (χ4v) is 4.04. The maximum absolute atomic E-state index is 12.6. The lowest BCUT2D eigenvalue weighted by atomic mass is 10.0. The minimum absolute atomic E-state index is 0.180. The van der Waals surface area contributed by atoms with E-state index >= 15 is 0 Å². The van der Waals surface area contributed by atoms with Crippen LogP contribution in [0, 0.1) is 0 Å². The molecule has 4 rings (SSSR count). The SMILES string of the molecule is COC(=O)[C@@H](Cc1ccc(OCc2ccccc2)c(OCc2ccccc2)c1)NC(=O)[C@@H]1CCC(=O)N1. The van der Waals surface area contributed by atoms with Crippen molar-refractivity contribution in [2.24, 2.45) is 0 Å². The summed E-state index contributed by atoms with van der Waals surface area (Å²) in [4.78, 5) is 36.6. The zero-order chi connectivity index (χ0) is 26.0. The van der Waals surface area contributed by atoms with E-state index in [9.17, 15) is 14.4 Å². The maximum Gasteiger partial charge on any atom is 0.328 e. The molecule has 37 heavy (non-hydrogen) atoms. The van der Waals surface area contributed by atoms with Crippen molar-refractivity contribution in [3.63, 3.8) is 0 Å². The van der Waals surface area contributed by atoms with Crippen LogP contribution in [0.3, 0.4) is 0 Å². The lowest BCUT2D eigenvalue weighted by Crippen LogP contribution is -2.49. The second-order valence-electron chi connectivity index (χ2n) is 8.78. The van der Waals surface area contributed by atoms with Crippen LogP contribution >= 0.6 is 0 Å². The molecule has 1 saturated heterocycles. The van der Waals surface area contributed by atoms with Gasteiger partial charge in [0.05, 0.1) is 7.11 Å². The van der Waals surface area contributed by atoms with Gasteiger partial charge in [-0.2, -0.15) is 0 Å². The van der Waals surface area contributed by atoms with E-state index in [2.05, 4.69) is 10.6 Å². The number of methoxy groups -OCH3 is 1. The molecule has 192 valence electrons. The summed E-state index contributed by atoms with van der Waals surface area (Å²) in [6, 6.07) is 23.4. The lowest BCUT2D eigenvalue weighted by molar-refractivity contribution is -0.145. The number of ether oxygens (including phenoxy) is 3. The van der Waals surface area contributed by atoms with Gasteiger partial charge in [0.25, 0.3) is 0 Å². The van der Waals surface area contributed by atoms with Gasteiger partial charge < -0.3 is 24.8 Å². The first-order chi connectivity index (χ1) is 18.0. The number of carbonyl (C=O) groups is 3. The van der Waals surface area contributed by atoms with E-state index in [1.165, 1.54) is 7.11 Å². The van der Waals surface area contributed by atoms with Crippen molar-refractivity contribution >= 4 is 17.8 Å². The number of carbonyl (C=O) groups excluding carboxylic acids is 3. The summed E-state index contributed by atoms with van der Waals surface area (Å²) in [5.41, 5.74) is 2.77. The first-order valence-corrected chi connectivity index (χ1v) is 12.2. The predicted octanol–water partition coefficient (Wildman–Crippen LogP) is 3.32. The number of nitrogens with one attached hydrogen (secondary N) is 2. The van der Waals surface area contributed by atoms with E-state index in [4.69, 9.17) is 14.2 Å². The predicted molar refractivity (Wildman–Crippen MR) is 137 cm³/mol. The molecule has 0 unspecified atom stereocenters. The Hall–Kier alpha value is -4.33. The molecule has 1 heterocycles. The Balaban J connectivity index is 1.51. The van der Waals surface area contributed by atoms with Crippen molar-refractivity contribution in [2.75, 3.05) is 7.11 Å².